The van der Waals surface area contributed by atoms with Gasteiger partial charge in [-0.2, -0.15) is 0 Å². The van der Waals surface area contributed by atoms with Gasteiger partial charge in [0.2, 0.25) is 5.91 Å². The zero-order valence-electron chi connectivity index (χ0n) is 9.27. The second-order valence-corrected chi connectivity index (χ2v) is 3.82. The van der Waals surface area contributed by atoms with E-state index in [2.05, 4.69) is 5.32 Å². The SMILES string of the molecule is CC(C)NC(=O)Cc1ccc([N+](=O)[O-])cc1. The van der Waals surface area contributed by atoms with E-state index in [0.717, 1.165) is 5.56 Å². The fourth-order valence-electron chi connectivity index (χ4n) is 1.29. The molecule has 86 valence electrons. The zero-order chi connectivity index (χ0) is 12.1. The molecule has 0 bridgehead atoms. The van der Waals surface area contributed by atoms with Crippen LogP contribution in [0.1, 0.15) is 19.4 Å². The van der Waals surface area contributed by atoms with Crippen molar-refractivity contribution in [2.75, 3.05) is 0 Å². The minimum atomic E-state index is -0.460. The van der Waals surface area contributed by atoms with Crippen molar-refractivity contribution < 1.29 is 9.72 Å². The normalized spacial score (nSPS) is 10.2. The lowest BCUT2D eigenvalue weighted by molar-refractivity contribution is -0.384. The van der Waals surface area contributed by atoms with Gasteiger partial charge in [-0.3, -0.25) is 14.9 Å². The smallest absolute Gasteiger partial charge is 0.269 e. The molecule has 1 aromatic carbocycles. The molecular formula is C11H14N2O3. The van der Waals surface area contributed by atoms with Crippen LogP contribution in [0.4, 0.5) is 5.69 Å². The number of hydrogen-bond donors (Lipinski definition) is 1. The lowest BCUT2D eigenvalue weighted by atomic mass is 10.1. The van der Waals surface area contributed by atoms with Gasteiger partial charge in [0.05, 0.1) is 11.3 Å². The van der Waals surface area contributed by atoms with Crippen LogP contribution in [0.3, 0.4) is 0 Å². The molecule has 1 rings (SSSR count). The van der Waals surface area contributed by atoms with Crippen LogP contribution >= 0.6 is 0 Å². The van der Waals surface area contributed by atoms with Gasteiger partial charge in [-0.25, -0.2) is 0 Å². The highest BCUT2D eigenvalue weighted by Crippen LogP contribution is 2.12. The van der Waals surface area contributed by atoms with Gasteiger partial charge in [-0.15, -0.1) is 0 Å². The number of non-ortho nitro benzene ring substituents is 1. The van der Waals surface area contributed by atoms with Gasteiger partial charge in [0.1, 0.15) is 0 Å². The van der Waals surface area contributed by atoms with Crippen LogP contribution in [0.25, 0.3) is 0 Å². The monoisotopic (exact) mass is 222 g/mol. The molecular weight excluding hydrogens is 208 g/mol. The van der Waals surface area contributed by atoms with E-state index >= 15 is 0 Å². The van der Waals surface area contributed by atoms with Crippen LogP contribution in [-0.4, -0.2) is 16.9 Å². The van der Waals surface area contributed by atoms with Crippen LogP contribution < -0.4 is 5.32 Å². The van der Waals surface area contributed by atoms with Crippen molar-refractivity contribution >= 4 is 11.6 Å². The third-order valence-corrected chi connectivity index (χ3v) is 1.96. The molecule has 0 aromatic heterocycles. The van der Waals surface area contributed by atoms with Crippen LogP contribution in [-0.2, 0) is 11.2 Å². The topological polar surface area (TPSA) is 72.2 Å². The second-order valence-electron chi connectivity index (χ2n) is 3.82. The molecule has 0 fully saturated rings. The van der Waals surface area contributed by atoms with Gasteiger partial charge < -0.3 is 5.32 Å². The Balaban J connectivity index is 2.62. The van der Waals surface area contributed by atoms with Crippen LogP contribution in [0, 0.1) is 10.1 Å². The quantitative estimate of drug-likeness (QED) is 0.622. The summed E-state index contributed by atoms with van der Waals surface area (Å²) >= 11 is 0. The summed E-state index contributed by atoms with van der Waals surface area (Å²) in [5, 5.41) is 13.2. The number of nitrogens with zero attached hydrogens (tertiary/aromatic N) is 1. The molecule has 1 amide bonds. The molecule has 0 heterocycles. The average molecular weight is 222 g/mol. The number of nitro benzene ring substituents is 1. The number of benzene rings is 1. The molecule has 0 aliphatic heterocycles. The summed E-state index contributed by atoms with van der Waals surface area (Å²) in [5.41, 5.74) is 0.803. The first-order valence-corrected chi connectivity index (χ1v) is 5.01. The number of rotatable bonds is 4. The molecule has 1 aromatic rings. The van der Waals surface area contributed by atoms with Gasteiger partial charge in [-0.05, 0) is 19.4 Å². The predicted molar refractivity (Wildman–Crippen MR) is 60.1 cm³/mol. The molecule has 1 N–H and O–H groups in total. The average Bonchev–Trinajstić information content (AvgIpc) is 2.16. The predicted octanol–water partition coefficient (Wildman–Crippen LogP) is 1.66. The van der Waals surface area contributed by atoms with Crippen molar-refractivity contribution in [2.45, 2.75) is 26.3 Å². The highest BCUT2D eigenvalue weighted by molar-refractivity contribution is 5.78. The highest BCUT2D eigenvalue weighted by Gasteiger charge is 2.07. The summed E-state index contributed by atoms with van der Waals surface area (Å²) in [7, 11) is 0. The van der Waals surface area contributed by atoms with Crippen molar-refractivity contribution in [3.63, 3.8) is 0 Å². The minimum absolute atomic E-state index is 0.0352. The Morgan fingerprint density at radius 1 is 1.38 bits per heavy atom. The van der Waals surface area contributed by atoms with Crippen molar-refractivity contribution in [1.82, 2.24) is 5.32 Å². The van der Waals surface area contributed by atoms with E-state index in [1.165, 1.54) is 12.1 Å². The number of carbonyl (C=O) groups excluding carboxylic acids is 1. The fourth-order valence-corrected chi connectivity index (χ4v) is 1.29. The number of amides is 1. The summed E-state index contributed by atoms with van der Waals surface area (Å²) in [6.07, 6.45) is 0.246. The highest BCUT2D eigenvalue weighted by atomic mass is 16.6. The Morgan fingerprint density at radius 3 is 2.38 bits per heavy atom. The van der Waals surface area contributed by atoms with Gasteiger partial charge in [0.25, 0.3) is 5.69 Å². The molecule has 0 saturated heterocycles. The van der Waals surface area contributed by atoms with E-state index < -0.39 is 4.92 Å². The van der Waals surface area contributed by atoms with E-state index in [1.807, 2.05) is 13.8 Å². The molecule has 0 unspecified atom stereocenters. The largest absolute Gasteiger partial charge is 0.354 e. The third kappa shape index (κ3) is 3.68. The molecule has 0 aliphatic rings. The molecule has 5 heteroatoms. The summed E-state index contributed by atoms with van der Waals surface area (Å²) < 4.78 is 0. The van der Waals surface area contributed by atoms with E-state index in [-0.39, 0.29) is 24.1 Å². The first-order valence-electron chi connectivity index (χ1n) is 5.01. The van der Waals surface area contributed by atoms with E-state index in [0.29, 0.717) is 0 Å². The lowest BCUT2D eigenvalue weighted by Gasteiger charge is -2.07. The molecule has 0 spiro atoms. The van der Waals surface area contributed by atoms with E-state index in [1.54, 1.807) is 12.1 Å². The Morgan fingerprint density at radius 2 is 1.94 bits per heavy atom. The lowest BCUT2D eigenvalue weighted by Crippen LogP contribution is -2.31. The first kappa shape index (κ1) is 12.2. The minimum Gasteiger partial charge on any atom is -0.354 e. The Hall–Kier alpha value is -1.91. The summed E-state index contributed by atoms with van der Waals surface area (Å²) in [6.45, 7) is 3.77. The maximum atomic E-state index is 11.4. The van der Waals surface area contributed by atoms with Gasteiger partial charge >= 0.3 is 0 Å². The Bertz CT molecular complexity index is 385. The maximum Gasteiger partial charge on any atom is 0.269 e. The number of carbonyl (C=O) groups is 1. The number of hydrogen-bond acceptors (Lipinski definition) is 3. The van der Waals surface area contributed by atoms with E-state index in [4.69, 9.17) is 0 Å². The molecule has 0 radical (unpaired) electrons. The third-order valence-electron chi connectivity index (χ3n) is 1.96. The van der Waals surface area contributed by atoms with Crippen molar-refractivity contribution in [1.29, 1.82) is 0 Å². The molecule has 16 heavy (non-hydrogen) atoms. The zero-order valence-corrected chi connectivity index (χ0v) is 9.27. The first-order chi connectivity index (χ1) is 7.49. The second kappa shape index (κ2) is 5.25. The van der Waals surface area contributed by atoms with Crippen molar-refractivity contribution in [3.05, 3.63) is 39.9 Å². The Kier molecular flexibility index (Phi) is 3.99. The summed E-state index contributed by atoms with van der Waals surface area (Å²) in [6, 6.07) is 6.09. The summed E-state index contributed by atoms with van der Waals surface area (Å²) in [5.74, 6) is -0.0798. The fraction of sp³-hybridized carbons (Fsp3) is 0.364. The van der Waals surface area contributed by atoms with Crippen LogP contribution in [0.2, 0.25) is 0 Å². The molecule has 0 saturated carbocycles. The number of nitrogens with one attached hydrogen (secondary N) is 1. The van der Waals surface area contributed by atoms with Crippen molar-refractivity contribution in [3.8, 4) is 0 Å². The van der Waals surface area contributed by atoms with Crippen molar-refractivity contribution in [2.24, 2.45) is 0 Å². The summed E-state index contributed by atoms with van der Waals surface area (Å²) in [4.78, 5) is 21.3. The Labute approximate surface area is 93.6 Å². The van der Waals surface area contributed by atoms with Gasteiger partial charge in [0, 0.05) is 18.2 Å². The molecule has 5 nitrogen and oxygen atoms in total. The van der Waals surface area contributed by atoms with Gasteiger partial charge in [0.15, 0.2) is 0 Å². The van der Waals surface area contributed by atoms with Gasteiger partial charge in [-0.1, -0.05) is 12.1 Å². The molecule has 0 aliphatic carbocycles. The van der Waals surface area contributed by atoms with Crippen LogP contribution in [0.15, 0.2) is 24.3 Å². The molecule has 0 atom stereocenters. The van der Waals surface area contributed by atoms with Crippen LogP contribution in [0.5, 0.6) is 0 Å². The van der Waals surface area contributed by atoms with E-state index in [9.17, 15) is 14.9 Å². The number of nitro groups is 1. The standard InChI is InChI=1S/C11H14N2O3/c1-8(2)12-11(14)7-9-3-5-10(6-4-9)13(15)16/h3-6,8H,7H2,1-2H3,(H,12,14). The maximum absolute atomic E-state index is 11.4.